The standard InChI is InChI=1S/C11H15ClN2O/c1-9(12)8-10(4-6-13)11(15)5-7-14(2)3/h4-8H,1,13H2,2-3H3/b6-4-,7-5+,10-8+. The molecule has 0 aliphatic rings. The lowest BCUT2D eigenvalue weighted by atomic mass is 10.1. The van der Waals surface area contributed by atoms with E-state index in [1.54, 1.807) is 11.1 Å². The van der Waals surface area contributed by atoms with E-state index in [1.165, 1.54) is 24.4 Å². The van der Waals surface area contributed by atoms with Crippen LogP contribution in [0.3, 0.4) is 0 Å². The Morgan fingerprint density at radius 1 is 1.40 bits per heavy atom. The molecule has 0 aromatic rings. The smallest absolute Gasteiger partial charge is 0.187 e. The molecule has 0 amide bonds. The molecule has 0 saturated carbocycles. The number of nitrogens with zero attached hydrogens (tertiary/aromatic N) is 1. The van der Waals surface area contributed by atoms with Crippen LogP contribution in [0.25, 0.3) is 0 Å². The lowest BCUT2D eigenvalue weighted by Gasteiger charge is -2.03. The highest BCUT2D eigenvalue weighted by Crippen LogP contribution is 2.07. The molecule has 0 aromatic heterocycles. The van der Waals surface area contributed by atoms with Crippen molar-refractivity contribution in [3.05, 3.63) is 47.8 Å². The topological polar surface area (TPSA) is 46.3 Å². The van der Waals surface area contributed by atoms with Gasteiger partial charge in [0.15, 0.2) is 5.78 Å². The summed E-state index contributed by atoms with van der Waals surface area (Å²) in [6.45, 7) is 3.48. The molecule has 0 spiro atoms. The molecule has 0 radical (unpaired) electrons. The van der Waals surface area contributed by atoms with E-state index in [0.29, 0.717) is 5.57 Å². The van der Waals surface area contributed by atoms with Crippen LogP contribution >= 0.6 is 11.6 Å². The summed E-state index contributed by atoms with van der Waals surface area (Å²) in [5.41, 5.74) is 5.62. The van der Waals surface area contributed by atoms with Gasteiger partial charge in [0.1, 0.15) is 0 Å². The van der Waals surface area contributed by atoms with Crippen molar-refractivity contribution in [3.63, 3.8) is 0 Å². The Bertz CT molecular complexity index is 327. The highest BCUT2D eigenvalue weighted by molar-refractivity contribution is 6.31. The Kier molecular flexibility index (Phi) is 6.22. The van der Waals surface area contributed by atoms with Crippen LogP contribution in [0.4, 0.5) is 0 Å². The first kappa shape index (κ1) is 13.5. The average molecular weight is 227 g/mol. The number of allylic oxidation sites excluding steroid dienone is 5. The summed E-state index contributed by atoms with van der Waals surface area (Å²) in [6, 6.07) is 0. The maximum atomic E-state index is 11.6. The maximum absolute atomic E-state index is 11.6. The summed E-state index contributed by atoms with van der Waals surface area (Å²) in [7, 11) is 3.65. The number of rotatable bonds is 5. The highest BCUT2D eigenvalue weighted by atomic mass is 35.5. The quantitative estimate of drug-likeness (QED) is 0.574. The molecule has 0 aliphatic heterocycles. The first-order valence-electron chi connectivity index (χ1n) is 4.30. The van der Waals surface area contributed by atoms with Crippen LogP contribution < -0.4 is 5.73 Å². The fourth-order valence-corrected chi connectivity index (χ4v) is 0.904. The molecule has 15 heavy (non-hydrogen) atoms. The zero-order chi connectivity index (χ0) is 11.8. The SMILES string of the molecule is C=C(Cl)/C=C(\C=C/N)C(=O)/C=C/N(C)C. The minimum atomic E-state index is -0.174. The fourth-order valence-electron chi connectivity index (χ4n) is 0.787. The molecule has 2 N–H and O–H groups in total. The zero-order valence-corrected chi connectivity index (χ0v) is 9.66. The van der Waals surface area contributed by atoms with Gasteiger partial charge in [-0.05, 0) is 18.4 Å². The Hall–Kier alpha value is -1.48. The molecule has 0 aromatic carbocycles. The zero-order valence-electron chi connectivity index (χ0n) is 8.90. The summed E-state index contributed by atoms with van der Waals surface area (Å²) in [5, 5.41) is 0.287. The van der Waals surface area contributed by atoms with Crippen molar-refractivity contribution in [2.45, 2.75) is 0 Å². The fraction of sp³-hybridized carbons (Fsp3) is 0.182. The van der Waals surface area contributed by atoms with Gasteiger partial charge >= 0.3 is 0 Å². The number of ketones is 1. The molecule has 0 heterocycles. The normalized spacial score (nSPS) is 12.3. The van der Waals surface area contributed by atoms with Crippen molar-refractivity contribution in [2.24, 2.45) is 5.73 Å². The Morgan fingerprint density at radius 2 is 2.00 bits per heavy atom. The maximum Gasteiger partial charge on any atom is 0.187 e. The molecule has 0 unspecified atom stereocenters. The lowest BCUT2D eigenvalue weighted by Crippen LogP contribution is -2.04. The van der Waals surface area contributed by atoms with Gasteiger partial charge in [-0.25, -0.2) is 0 Å². The van der Waals surface area contributed by atoms with Gasteiger partial charge in [-0.2, -0.15) is 0 Å². The molecule has 0 saturated heterocycles. The molecule has 0 fully saturated rings. The van der Waals surface area contributed by atoms with Crippen LogP contribution in [-0.2, 0) is 4.79 Å². The van der Waals surface area contributed by atoms with E-state index in [2.05, 4.69) is 6.58 Å². The molecular formula is C11H15ClN2O. The molecule has 0 atom stereocenters. The molecule has 82 valence electrons. The second kappa shape index (κ2) is 6.90. The second-order valence-corrected chi connectivity index (χ2v) is 3.53. The largest absolute Gasteiger partial charge is 0.405 e. The van der Waals surface area contributed by atoms with Crippen molar-refractivity contribution >= 4 is 17.4 Å². The van der Waals surface area contributed by atoms with Gasteiger partial charge in [-0.3, -0.25) is 4.79 Å². The minimum absolute atomic E-state index is 0.174. The molecular weight excluding hydrogens is 212 g/mol. The highest BCUT2D eigenvalue weighted by Gasteiger charge is 2.02. The summed E-state index contributed by atoms with van der Waals surface area (Å²) in [4.78, 5) is 13.3. The van der Waals surface area contributed by atoms with Crippen LogP contribution in [0.1, 0.15) is 0 Å². The monoisotopic (exact) mass is 226 g/mol. The van der Waals surface area contributed by atoms with Gasteiger partial charge in [0.25, 0.3) is 0 Å². The van der Waals surface area contributed by atoms with Crippen LogP contribution in [-0.4, -0.2) is 24.8 Å². The van der Waals surface area contributed by atoms with Gasteiger partial charge in [0, 0.05) is 37.0 Å². The van der Waals surface area contributed by atoms with Gasteiger partial charge in [0.2, 0.25) is 0 Å². The molecule has 0 aliphatic carbocycles. The van der Waals surface area contributed by atoms with Gasteiger partial charge in [-0.15, -0.1) is 0 Å². The summed E-state index contributed by atoms with van der Waals surface area (Å²) < 4.78 is 0. The Labute approximate surface area is 95.2 Å². The predicted molar refractivity (Wildman–Crippen MR) is 64.2 cm³/mol. The van der Waals surface area contributed by atoms with E-state index in [9.17, 15) is 4.79 Å². The summed E-state index contributed by atoms with van der Waals surface area (Å²) >= 11 is 5.58. The minimum Gasteiger partial charge on any atom is -0.405 e. The summed E-state index contributed by atoms with van der Waals surface area (Å²) in [6.07, 6.45) is 7.32. The Morgan fingerprint density at radius 3 is 2.40 bits per heavy atom. The number of halogens is 1. The van der Waals surface area contributed by atoms with Crippen LogP contribution in [0.2, 0.25) is 0 Å². The van der Waals surface area contributed by atoms with Crippen LogP contribution in [0.15, 0.2) is 47.8 Å². The van der Waals surface area contributed by atoms with E-state index in [0.717, 1.165) is 0 Å². The van der Waals surface area contributed by atoms with Crippen LogP contribution in [0, 0.1) is 0 Å². The van der Waals surface area contributed by atoms with Crippen molar-refractivity contribution in [2.75, 3.05) is 14.1 Å². The number of hydrogen-bond acceptors (Lipinski definition) is 3. The van der Waals surface area contributed by atoms with Gasteiger partial charge < -0.3 is 10.6 Å². The van der Waals surface area contributed by atoms with Crippen molar-refractivity contribution < 1.29 is 4.79 Å². The van der Waals surface area contributed by atoms with E-state index < -0.39 is 0 Å². The van der Waals surface area contributed by atoms with E-state index >= 15 is 0 Å². The number of carbonyl (C=O) groups is 1. The second-order valence-electron chi connectivity index (χ2n) is 3.05. The predicted octanol–water partition coefficient (Wildman–Crippen LogP) is 1.78. The van der Waals surface area contributed by atoms with Gasteiger partial charge in [0.05, 0.1) is 0 Å². The third-order valence-corrected chi connectivity index (χ3v) is 1.51. The first-order chi connectivity index (χ1) is 6.97. The summed E-state index contributed by atoms with van der Waals surface area (Å²) in [5.74, 6) is -0.174. The van der Waals surface area contributed by atoms with Crippen molar-refractivity contribution in [1.29, 1.82) is 0 Å². The van der Waals surface area contributed by atoms with Crippen molar-refractivity contribution in [1.82, 2.24) is 4.90 Å². The average Bonchev–Trinajstić information content (AvgIpc) is 2.12. The van der Waals surface area contributed by atoms with E-state index in [-0.39, 0.29) is 10.8 Å². The van der Waals surface area contributed by atoms with Crippen molar-refractivity contribution in [3.8, 4) is 0 Å². The number of hydrogen-bond donors (Lipinski definition) is 1. The number of carbonyl (C=O) groups excluding carboxylic acids is 1. The van der Waals surface area contributed by atoms with E-state index in [1.807, 2.05) is 14.1 Å². The third kappa shape index (κ3) is 6.57. The third-order valence-electron chi connectivity index (χ3n) is 1.40. The van der Waals surface area contributed by atoms with Crippen LogP contribution in [0.5, 0.6) is 0 Å². The molecule has 4 heteroatoms. The number of nitrogens with two attached hydrogens (primary N) is 1. The Balaban J connectivity index is 4.80. The molecule has 3 nitrogen and oxygen atoms in total. The molecule has 0 bridgehead atoms. The van der Waals surface area contributed by atoms with Gasteiger partial charge in [-0.1, -0.05) is 18.2 Å². The van der Waals surface area contributed by atoms with E-state index in [4.69, 9.17) is 17.3 Å². The molecule has 0 rings (SSSR count). The lowest BCUT2D eigenvalue weighted by molar-refractivity contribution is -0.111. The first-order valence-corrected chi connectivity index (χ1v) is 4.68.